The fourth-order valence-electron chi connectivity index (χ4n) is 0.935. The number of esters is 1. The second-order valence-electron chi connectivity index (χ2n) is 4.19. The molecule has 6 nitrogen and oxygen atoms in total. The highest BCUT2D eigenvalue weighted by atomic mass is 16.5. The SMILES string of the molecule is COC(=O)CN(C)C(=O)CC(C)(C)C(=O)O. The molecule has 0 bridgehead atoms. The molecule has 0 atom stereocenters. The lowest BCUT2D eigenvalue weighted by molar-refractivity contribution is -0.152. The van der Waals surface area contributed by atoms with Gasteiger partial charge in [-0.1, -0.05) is 0 Å². The van der Waals surface area contributed by atoms with Crippen LogP contribution in [0.5, 0.6) is 0 Å². The van der Waals surface area contributed by atoms with Crippen LogP contribution in [-0.2, 0) is 19.1 Å². The number of rotatable bonds is 5. The van der Waals surface area contributed by atoms with E-state index in [0.29, 0.717) is 0 Å². The number of hydrogen-bond acceptors (Lipinski definition) is 4. The molecule has 0 radical (unpaired) electrons. The van der Waals surface area contributed by atoms with E-state index in [4.69, 9.17) is 5.11 Å². The van der Waals surface area contributed by atoms with Crippen LogP contribution in [0.2, 0.25) is 0 Å². The van der Waals surface area contributed by atoms with Gasteiger partial charge in [-0.3, -0.25) is 14.4 Å². The van der Waals surface area contributed by atoms with Gasteiger partial charge in [0.25, 0.3) is 0 Å². The fraction of sp³-hybridized carbons (Fsp3) is 0.700. The van der Waals surface area contributed by atoms with E-state index in [-0.39, 0.29) is 13.0 Å². The van der Waals surface area contributed by atoms with Gasteiger partial charge in [0.2, 0.25) is 5.91 Å². The van der Waals surface area contributed by atoms with Gasteiger partial charge in [0, 0.05) is 13.5 Å². The van der Waals surface area contributed by atoms with Gasteiger partial charge in [0.15, 0.2) is 0 Å². The molecule has 6 heteroatoms. The minimum Gasteiger partial charge on any atom is -0.481 e. The summed E-state index contributed by atoms with van der Waals surface area (Å²) in [7, 11) is 2.65. The Bertz CT molecular complexity index is 298. The van der Waals surface area contributed by atoms with E-state index in [1.165, 1.54) is 28.0 Å². The third kappa shape index (κ3) is 4.29. The quantitative estimate of drug-likeness (QED) is 0.679. The molecule has 0 saturated carbocycles. The van der Waals surface area contributed by atoms with Crippen molar-refractivity contribution in [3.05, 3.63) is 0 Å². The lowest BCUT2D eigenvalue weighted by atomic mass is 9.89. The molecule has 0 fully saturated rings. The number of carboxylic acids is 1. The zero-order chi connectivity index (χ0) is 12.9. The number of nitrogens with zero attached hydrogens (tertiary/aromatic N) is 1. The van der Waals surface area contributed by atoms with Gasteiger partial charge in [0.1, 0.15) is 6.54 Å². The molecule has 0 aliphatic carbocycles. The Kier molecular flexibility index (Phi) is 4.94. The van der Waals surface area contributed by atoms with Crippen molar-refractivity contribution < 1.29 is 24.2 Å². The van der Waals surface area contributed by atoms with Crippen molar-refractivity contribution in [1.82, 2.24) is 4.90 Å². The Morgan fingerprint density at radius 2 is 1.81 bits per heavy atom. The van der Waals surface area contributed by atoms with Gasteiger partial charge >= 0.3 is 11.9 Å². The van der Waals surface area contributed by atoms with Crippen molar-refractivity contribution in [3.8, 4) is 0 Å². The summed E-state index contributed by atoms with van der Waals surface area (Å²) in [5.41, 5.74) is -1.14. The normalized spacial score (nSPS) is 10.8. The predicted molar refractivity (Wildman–Crippen MR) is 55.7 cm³/mol. The number of ether oxygens (including phenoxy) is 1. The summed E-state index contributed by atoms with van der Waals surface area (Å²) in [6, 6.07) is 0. The molecule has 0 aliphatic rings. The summed E-state index contributed by atoms with van der Waals surface area (Å²) >= 11 is 0. The van der Waals surface area contributed by atoms with Crippen LogP contribution in [0.25, 0.3) is 0 Å². The summed E-state index contributed by atoms with van der Waals surface area (Å²) in [5, 5.41) is 8.84. The lowest BCUT2D eigenvalue weighted by Gasteiger charge is -2.22. The number of carboxylic acid groups (broad SMARTS) is 1. The summed E-state index contributed by atoms with van der Waals surface area (Å²) in [6.07, 6.45) is -0.157. The number of hydrogen-bond donors (Lipinski definition) is 1. The molecule has 92 valence electrons. The molecule has 0 saturated heterocycles. The Balaban J connectivity index is 4.36. The highest BCUT2D eigenvalue weighted by molar-refractivity contribution is 5.86. The fourth-order valence-corrected chi connectivity index (χ4v) is 0.935. The van der Waals surface area contributed by atoms with Crippen LogP contribution in [0, 0.1) is 5.41 Å². The first-order valence-corrected chi connectivity index (χ1v) is 4.75. The second-order valence-corrected chi connectivity index (χ2v) is 4.19. The van der Waals surface area contributed by atoms with Crippen molar-refractivity contribution in [2.45, 2.75) is 20.3 Å². The highest BCUT2D eigenvalue weighted by Gasteiger charge is 2.31. The summed E-state index contributed by atoms with van der Waals surface area (Å²) in [6.45, 7) is 2.74. The van der Waals surface area contributed by atoms with Crippen molar-refractivity contribution in [2.75, 3.05) is 20.7 Å². The third-order valence-electron chi connectivity index (χ3n) is 2.19. The number of carbonyl (C=O) groups is 3. The topological polar surface area (TPSA) is 83.9 Å². The van der Waals surface area contributed by atoms with Gasteiger partial charge in [-0.15, -0.1) is 0 Å². The number of carbonyl (C=O) groups excluding carboxylic acids is 2. The molecule has 0 unspecified atom stereocenters. The molecular weight excluding hydrogens is 214 g/mol. The van der Waals surface area contributed by atoms with Gasteiger partial charge < -0.3 is 14.7 Å². The Labute approximate surface area is 94.2 Å². The van der Waals surface area contributed by atoms with Crippen LogP contribution in [0.1, 0.15) is 20.3 Å². The van der Waals surface area contributed by atoms with Crippen LogP contribution in [0.3, 0.4) is 0 Å². The van der Waals surface area contributed by atoms with E-state index in [9.17, 15) is 14.4 Å². The molecule has 1 amide bonds. The standard InChI is InChI=1S/C10H17NO5/c1-10(2,9(14)15)5-7(12)11(3)6-8(13)16-4/h5-6H2,1-4H3,(H,14,15). The molecular formula is C10H17NO5. The highest BCUT2D eigenvalue weighted by Crippen LogP contribution is 2.21. The Hall–Kier alpha value is -1.59. The molecule has 0 rings (SSSR count). The van der Waals surface area contributed by atoms with Crippen LogP contribution in [0.15, 0.2) is 0 Å². The zero-order valence-corrected chi connectivity index (χ0v) is 9.94. The minimum absolute atomic E-state index is 0.157. The van der Waals surface area contributed by atoms with Crippen LogP contribution in [-0.4, -0.2) is 48.6 Å². The maximum Gasteiger partial charge on any atom is 0.325 e. The Morgan fingerprint density at radius 3 is 2.19 bits per heavy atom. The Morgan fingerprint density at radius 1 is 1.31 bits per heavy atom. The van der Waals surface area contributed by atoms with Crippen LogP contribution < -0.4 is 0 Å². The summed E-state index contributed by atoms with van der Waals surface area (Å²) in [5.74, 6) is -1.99. The van der Waals surface area contributed by atoms with Crippen molar-refractivity contribution in [3.63, 3.8) is 0 Å². The lowest BCUT2D eigenvalue weighted by Crippen LogP contribution is -2.37. The first-order chi connectivity index (χ1) is 7.20. The number of amides is 1. The summed E-state index contributed by atoms with van der Waals surface area (Å²) < 4.78 is 4.40. The molecule has 16 heavy (non-hydrogen) atoms. The molecule has 0 aromatic rings. The third-order valence-corrected chi connectivity index (χ3v) is 2.19. The zero-order valence-electron chi connectivity index (χ0n) is 9.94. The van der Waals surface area contributed by atoms with E-state index in [0.717, 1.165) is 4.90 Å². The van der Waals surface area contributed by atoms with Crippen LogP contribution in [0.4, 0.5) is 0 Å². The van der Waals surface area contributed by atoms with E-state index in [1.54, 1.807) is 0 Å². The average molecular weight is 231 g/mol. The van der Waals surface area contributed by atoms with E-state index >= 15 is 0 Å². The largest absolute Gasteiger partial charge is 0.481 e. The van der Waals surface area contributed by atoms with Crippen molar-refractivity contribution >= 4 is 17.8 Å². The van der Waals surface area contributed by atoms with E-state index in [2.05, 4.69) is 4.74 Å². The number of aliphatic carboxylic acids is 1. The maximum atomic E-state index is 11.6. The minimum atomic E-state index is -1.14. The van der Waals surface area contributed by atoms with E-state index < -0.39 is 23.3 Å². The number of methoxy groups -OCH3 is 1. The van der Waals surface area contributed by atoms with Gasteiger partial charge in [-0.25, -0.2) is 0 Å². The van der Waals surface area contributed by atoms with Gasteiger partial charge in [-0.2, -0.15) is 0 Å². The first-order valence-electron chi connectivity index (χ1n) is 4.75. The predicted octanol–water partition coefficient (Wildman–Crippen LogP) is 0.119. The smallest absolute Gasteiger partial charge is 0.325 e. The second kappa shape index (κ2) is 5.48. The molecule has 0 aromatic carbocycles. The van der Waals surface area contributed by atoms with Gasteiger partial charge in [0.05, 0.1) is 12.5 Å². The average Bonchev–Trinajstić information content (AvgIpc) is 2.16. The van der Waals surface area contributed by atoms with Gasteiger partial charge in [-0.05, 0) is 13.8 Å². The molecule has 0 aliphatic heterocycles. The molecule has 0 heterocycles. The van der Waals surface area contributed by atoms with Crippen molar-refractivity contribution in [1.29, 1.82) is 0 Å². The molecule has 1 N–H and O–H groups in total. The summed E-state index contributed by atoms with van der Waals surface area (Å²) in [4.78, 5) is 34.4. The molecule has 0 aromatic heterocycles. The molecule has 0 spiro atoms. The van der Waals surface area contributed by atoms with Crippen molar-refractivity contribution in [2.24, 2.45) is 5.41 Å². The maximum absolute atomic E-state index is 11.6. The van der Waals surface area contributed by atoms with Crippen LogP contribution >= 0.6 is 0 Å². The van der Waals surface area contributed by atoms with E-state index in [1.807, 2.05) is 0 Å². The monoisotopic (exact) mass is 231 g/mol. The first kappa shape index (κ1) is 14.4. The number of likely N-dealkylation sites (N-methyl/N-ethyl adjacent to an activating group) is 1.